The number of aromatic nitrogens is 2. The largest absolute Gasteiger partial charge is 0.477 e. The van der Waals surface area contributed by atoms with Gasteiger partial charge in [-0.15, -0.1) is 11.8 Å². The van der Waals surface area contributed by atoms with Crippen molar-refractivity contribution in [3.05, 3.63) is 41.5 Å². The first-order chi connectivity index (χ1) is 17.2. The first-order valence-electron chi connectivity index (χ1n) is 12.0. The minimum Gasteiger partial charge on any atom is -0.477 e. The Morgan fingerprint density at radius 1 is 1.42 bits per heavy atom. The highest BCUT2D eigenvalue weighted by atomic mass is 32.2. The van der Waals surface area contributed by atoms with Crippen LogP contribution >= 0.6 is 11.8 Å². The standard InChI is InChI=1S/C24H32N4O7S/c1-4-9-35-24(34)27-11-16(10-15(27)5-7-26-8-6-25-17(26)12-29)36-21-13(2)19-18(14(3)30)22(31)28(19)20(21)23(32)33/h4,6,8,13-16,18-19,29-30H,1,5,7,9-12H2,2-3H3,(H,32,33)/t13-,14-,15+,16+,18-,19-/m1/s1. The molecule has 4 rings (SSSR count). The lowest BCUT2D eigenvalue weighted by atomic mass is 9.79. The Kier molecular flexibility index (Phi) is 7.76. The average Bonchev–Trinajstić information content (AvgIpc) is 3.51. The van der Waals surface area contributed by atoms with Crippen molar-refractivity contribution in [2.24, 2.45) is 11.8 Å². The third kappa shape index (κ3) is 4.64. The summed E-state index contributed by atoms with van der Waals surface area (Å²) in [6.45, 7) is 7.83. The highest BCUT2D eigenvalue weighted by Crippen LogP contribution is 2.52. The second-order valence-corrected chi connectivity index (χ2v) is 10.7. The zero-order valence-corrected chi connectivity index (χ0v) is 21.1. The number of aliphatic carboxylic acids is 1. The van der Waals surface area contributed by atoms with E-state index in [0.29, 0.717) is 36.7 Å². The summed E-state index contributed by atoms with van der Waals surface area (Å²) >= 11 is 1.40. The predicted octanol–water partition coefficient (Wildman–Crippen LogP) is 1.42. The molecule has 0 radical (unpaired) electrons. The molecule has 3 N–H and O–H groups in total. The van der Waals surface area contributed by atoms with E-state index in [2.05, 4.69) is 11.6 Å². The molecular formula is C24H32N4O7S. The second-order valence-electron chi connectivity index (χ2n) is 9.40. The van der Waals surface area contributed by atoms with Gasteiger partial charge < -0.3 is 34.4 Å². The number of hydrogen-bond donors (Lipinski definition) is 3. The van der Waals surface area contributed by atoms with Gasteiger partial charge in [-0.05, 0) is 19.8 Å². The third-order valence-electron chi connectivity index (χ3n) is 7.19. The minimum absolute atomic E-state index is 0.0189. The van der Waals surface area contributed by atoms with Crippen molar-refractivity contribution in [3.8, 4) is 0 Å². The van der Waals surface area contributed by atoms with Gasteiger partial charge in [-0.2, -0.15) is 0 Å². The van der Waals surface area contributed by atoms with E-state index in [0.717, 1.165) is 0 Å². The number of β-lactam (4-membered cyclic amide) rings is 1. The molecule has 4 heterocycles. The van der Waals surface area contributed by atoms with Crippen molar-refractivity contribution in [1.29, 1.82) is 0 Å². The van der Waals surface area contributed by atoms with Crippen LogP contribution in [-0.2, 0) is 27.5 Å². The molecule has 0 spiro atoms. The topological polar surface area (TPSA) is 145 Å². The molecule has 2 fully saturated rings. The molecule has 3 aliphatic rings. The number of fused-ring (bicyclic) bond motifs is 1. The molecule has 0 aliphatic carbocycles. The predicted molar refractivity (Wildman–Crippen MR) is 130 cm³/mol. The maximum absolute atomic E-state index is 12.8. The third-order valence-corrected chi connectivity index (χ3v) is 8.68. The number of carboxylic acids is 1. The number of carboxylic acid groups (broad SMARTS) is 1. The van der Waals surface area contributed by atoms with Gasteiger partial charge in [0, 0.05) is 47.6 Å². The van der Waals surface area contributed by atoms with Crippen molar-refractivity contribution in [2.45, 2.75) is 63.3 Å². The van der Waals surface area contributed by atoms with E-state index < -0.39 is 24.1 Å². The molecule has 0 bridgehead atoms. The number of carbonyl (C=O) groups is 3. The summed E-state index contributed by atoms with van der Waals surface area (Å²) in [7, 11) is 0. The maximum atomic E-state index is 12.8. The highest BCUT2D eigenvalue weighted by molar-refractivity contribution is 8.03. The molecule has 3 aliphatic heterocycles. The summed E-state index contributed by atoms with van der Waals surface area (Å²) in [4.78, 5) is 45.3. The Hall–Kier alpha value is -2.83. The van der Waals surface area contributed by atoms with E-state index in [-0.39, 0.29) is 48.1 Å². The van der Waals surface area contributed by atoms with E-state index >= 15 is 0 Å². The van der Waals surface area contributed by atoms with Crippen LogP contribution in [0.25, 0.3) is 0 Å². The molecule has 2 saturated heterocycles. The SMILES string of the molecule is C=CCOC(=O)N1C[C@@H](SC2=C(C(=O)O)N3C(=O)[C@H]([C@@H](C)O)[C@H]3[C@H]2C)C[C@@H]1CCn1ccnc1CO. The molecule has 2 amide bonds. The van der Waals surface area contributed by atoms with Crippen LogP contribution in [0.15, 0.2) is 35.7 Å². The molecule has 36 heavy (non-hydrogen) atoms. The smallest absolute Gasteiger partial charge is 0.410 e. The number of amides is 2. The number of ether oxygens (including phenoxy) is 1. The number of nitrogens with zero attached hydrogens (tertiary/aromatic N) is 4. The zero-order valence-electron chi connectivity index (χ0n) is 20.3. The molecule has 6 atom stereocenters. The summed E-state index contributed by atoms with van der Waals surface area (Å²) < 4.78 is 7.14. The number of rotatable bonds is 10. The number of aliphatic hydroxyl groups excluding tert-OH is 2. The van der Waals surface area contributed by atoms with Crippen LogP contribution in [0.3, 0.4) is 0 Å². The van der Waals surface area contributed by atoms with Crippen molar-refractivity contribution in [2.75, 3.05) is 13.2 Å². The molecule has 196 valence electrons. The van der Waals surface area contributed by atoms with Gasteiger partial charge in [0.1, 0.15) is 24.7 Å². The number of likely N-dealkylation sites (tertiary alicyclic amines) is 1. The van der Waals surface area contributed by atoms with Crippen LogP contribution in [0.4, 0.5) is 4.79 Å². The van der Waals surface area contributed by atoms with E-state index in [1.165, 1.54) is 22.7 Å². The Morgan fingerprint density at radius 3 is 2.81 bits per heavy atom. The first kappa shape index (κ1) is 26.2. The normalized spacial score (nSPS) is 28.2. The van der Waals surface area contributed by atoms with Crippen molar-refractivity contribution >= 4 is 29.7 Å². The number of imidazole rings is 1. The second kappa shape index (κ2) is 10.7. The molecular weight excluding hydrogens is 488 g/mol. The number of hydrogen-bond acceptors (Lipinski definition) is 8. The lowest BCUT2D eigenvalue weighted by Crippen LogP contribution is -2.63. The van der Waals surface area contributed by atoms with Crippen LogP contribution in [0.2, 0.25) is 0 Å². The van der Waals surface area contributed by atoms with Crippen LogP contribution in [0.5, 0.6) is 0 Å². The number of aliphatic hydroxyl groups is 2. The molecule has 0 aromatic carbocycles. The molecule has 1 aromatic rings. The fraction of sp³-hybridized carbons (Fsp3) is 0.583. The number of aryl methyl sites for hydroxylation is 1. The van der Waals surface area contributed by atoms with Crippen LogP contribution in [0.1, 0.15) is 32.5 Å². The van der Waals surface area contributed by atoms with E-state index in [9.17, 15) is 29.7 Å². The minimum atomic E-state index is -1.17. The highest BCUT2D eigenvalue weighted by Gasteiger charge is 2.60. The first-order valence-corrected chi connectivity index (χ1v) is 12.9. The van der Waals surface area contributed by atoms with Gasteiger partial charge in [-0.1, -0.05) is 19.6 Å². The van der Waals surface area contributed by atoms with Crippen LogP contribution in [0, 0.1) is 11.8 Å². The summed E-state index contributed by atoms with van der Waals surface area (Å²) in [6.07, 6.45) is 4.77. The van der Waals surface area contributed by atoms with Crippen molar-refractivity contribution in [3.63, 3.8) is 0 Å². The van der Waals surface area contributed by atoms with Crippen molar-refractivity contribution in [1.82, 2.24) is 19.4 Å². The monoisotopic (exact) mass is 520 g/mol. The van der Waals surface area contributed by atoms with Crippen LogP contribution in [-0.4, -0.2) is 89.2 Å². The Morgan fingerprint density at radius 2 is 2.17 bits per heavy atom. The fourth-order valence-electron chi connectivity index (χ4n) is 5.51. The van der Waals surface area contributed by atoms with Gasteiger partial charge in [0.05, 0.1) is 18.1 Å². The molecule has 12 heteroatoms. The lowest BCUT2D eigenvalue weighted by Gasteiger charge is -2.46. The summed E-state index contributed by atoms with van der Waals surface area (Å²) in [5.41, 5.74) is -0.0189. The van der Waals surface area contributed by atoms with Crippen molar-refractivity contribution < 1.29 is 34.4 Å². The average molecular weight is 521 g/mol. The van der Waals surface area contributed by atoms with E-state index in [1.807, 2.05) is 11.5 Å². The van der Waals surface area contributed by atoms with E-state index in [4.69, 9.17) is 4.74 Å². The number of thioether (sulfide) groups is 1. The Bertz CT molecular complexity index is 1070. The van der Waals surface area contributed by atoms with Gasteiger partial charge in [0.15, 0.2) is 0 Å². The van der Waals surface area contributed by atoms with Gasteiger partial charge in [0.2, 0.25) is 5.91 Å². The Labute approximate surface area is 213 Å². The van der Waals surface area contributed by atoms with Crippen LogP contribution < -0.4 is 0 Å². The summed E-state index contributed by atoms with van der Waals surface area (Å²) in [5, 5.41) is 29.4. The van der Waals surface area contributed by atoms with E-state index in [1.54, 1.807) is 24.2 Å². The number of carbonyl (C=O) groups excluding carboxylic acids is 2. The lowest BCUT2D eigenvalue weighted by molar-refractivity contribution is -0.163. The molecule has 11 nitrogen and oxygen atoms in total. The van der Waals surface area contributed by atoms with Gasteiger partial charge in [-0.25, -0.2) is 14.6 Å². The maximum Gasteiger partial charge on any atom is 0.410 e. The Balaban J connectivity index is 1.52. The van der Waals surface area contributed by atoms with Gasteiger partial charge in [-0.3, -0.25) is 4.79 Å². The zero-order chi connectivity index (χ0) is 26.1. The summed E-state index contributed by atoms with van der Waals surface area (Å²) in [6, 6.07) is -0.543. The summed E-state index contributed by atoms with van der Waals surface area (Å²) in [5.74, 6) is -1.86. The fourth-order valence-corrected chi connectivity index (χ4v) is 7.08. The molecule has 0 unspecified atom stereocenters. The molecule has 1 aromatic heterocycles. The van der Waals surface area contributed by atoms with Gasteiger partial charge in [0.25, 0.3) is 0 Å². The molecule has 0 saturated carbocycles. The quantitative estimate of drug-likeness (QED) is 0.308. The van der Waals surface area contributed by atoms with Gasteiger partial charge >= 0.3 is 12.1 Å².